The number of Topliss-reactive ketones (excluding diaryl/α,β-unsaturated/α-hetero) is 1. The maximum atomic E-state index is 13.8. The number of benzene rings is 3. The number of carbonyl (C=O) groups is 1. The SMILES string of the molecule is CCN(CC)CCOc1ccc(C(=O)C2=C(c3ccc(O)cc3)CCc3ccccc32)cc1. The molecule has 1 aliphatic rings. The van der Waals surface area contributed by atoms with Gasteiger partial charge in [0.2, 0.25) is 0 Å². The number of ether oxygens (including phenoxy) is 1. The highest BCUT2D eigenvalue weighted by Crippen LogP contribution is 2.39. The van der Waals surface area contributed by atoms with E-state index >= 15 is 0 Å². The van der Waals surface area contributed by atoms with Crippen molar-refractivity contribution in [3.8, 4) is 11.5 Å². The first kappa shape index (κ1) is 22.8. The Morgan fingerprint density at radius 1 is 0.909 bits per heavy atom. The molecule has 0 unspecified atom stereocenters. The highest BCUT2D eigenvalue weighted by Gasteiger charge is 2.26. The third kappa shape index (κ3) is 5.18. The van der Waals surface area contributed by atoms with Gasteiger partial charge in [-0.25, -0.2) is 0 Å². The number of hydrogen-bond donors (Lipinski definition) is 1. The number of allylic oxidation sites excluding steroid dienone is 2. The highest BCUT2D eigenvalue weighted by atomic mass is 16.5. The second-order valence-electron chi connectivity index (χ2n) is 8.29. The molecule has 0 aromatic heterocycles. The number of fused-ring (bicyclic) bond motifs is 1. The number of rotatable bonds is 9. The van der Waals surface area contributed by atoms with Gasteiger partial charge in [0.05, 0.1) is 0 Å². The number of aryl methyl sites for hydroxylation is 1. The molecule has 170 valence electrons. The van der Waals surface area contributed by atoms with Gasteiger partial charge in [-0.1, -0.05) is 50.2 Å². The van der Waals surface area contributed by atoms with Gasteiger partial charge in [-0.2, -0.15) is 0 Å². The van der Waals surface area contributed by atoms with Crippen molar-refractivity contribution in [3.05, 3.63) is 95.1 Å². The maximum Gasteiger partial charge on any atom is 0.193 e. The number of carbonyl (C=O) groups excluding carboxylic acids is 1. The third-order valence-electron chi connectivity index (χ3n) is 6.36. The van der Waals surface area contributed by atoms with Crippen LogP contribution >= 0.6 is 0 Å². The summed E-state index contributed by atoms with van der Waals surface area (Å²) in [5.74, 6) is 1.01. The van der Waals surface area contributed by atoms with Crippen LogP contribution in [0.25, 0.3) is 11.1 Å². The van der Waals surface area contributed by atoms with E-state index < -0.39 is 0 Å². The summed E-state index contributed by atoms with van der Waals surface area (Å²) < 4.78 is 5.89. The second-order valence-corrected chi connectivity index (χ2v) is 8.29. The minimum atomic E-state index is 0.0138. The number of nitrogens with zero attached hydrogens (tertiary/aromatic N) is 1. The molecular formula is C29H31NO3. The smallest absolute Gasteiger partial charge is 0.193 e. The fraction of sp³-hybridized carbons (Fsp3) is 0.276. The van der Waals surface area contributed by atoms with Crippen molar-refractivity contribution in [2.45, 2.75) is 26.7 Å². The molecule has 0 saturated heterocycles. The first-order valence-corrected chi connectivity index (χ1v) is 11.7. The first-order valence-electron chi connectivity index (χ1n) is 11.7. The summed E-state index contributed by atoms with van der Waals surface area (Å²) in [4.78, 5) is 16.1. The molecule has 0 amide bonds. The molecule has 0 saturated carbocycles. The summed E-state index contributed by atoms with van der Waals surface area (Å²) in [6.07, 6.45) is 1.68. The van der Waals surface area contributed by atoms with Crippen molar-refractivity contribution in [3.63, 3.8) is 0 Å². The van der Waals surface area contributed by atoms with Crippen LogP contribution in [0.2, 0.25) is 0 Å². The van der Waals surface area contributed by atoms with Crippen LogP contribution in [0.3, 0.4) is 0 Å². The van der Waals surface area contributed by atoms with E-state index in [0.29, 0.717) is 12.2 Å². The fourth-order valence-electron chi connectivity index (χ4n) is 4.42. The Bertz CT molecular complexity index is 1130. The molecule has 1 aliphatic carbocycles. The monoisotopic (exact) mass is 441 g/mol. The van der Waals surface area contributed by atoms with Gasteiger partial charge in [0.15, 0.2) is 5.78 Å². The van der Waals surface area contributed by atoms with Crippen molar-refractivity contribution in [1.29, 1.82) is 0 Å². The predicted octanol–water partition coefficient (Wildman–Crippen LogP) is 5.85. The number of likely N-dealkylation sites (N-methyl/N-ethyl adjacent to an activating group) is 1. The van der Waals surface area contributed by atoms with Crippen LogP contribution in [0.1, 0.15) is 47.3 Å². The summed E-state index contributed by atoms with van der Waals surface area (Å²) in [5.41, 5.74) is 5.59. The molecule has 0 spiro atoms. The van der Waals surface area contributed by atoms with Gasteiger partial charge in [-0.05, 0) is 84.6 Å². The van der Waals surface area contributed by atoms with E-state index in [-0.39, 0.29) is 11.5 Å². The molecule has 0 aliphatic heterocycles. The minimum Gasteiger partial charge on any atom is -0.508 e. The highest BCUT2D eigenvalue weighted by molar-refractivity contribution is 6.35. The van der Waals surface area contributed by atoms with Gasteiger partial charge < -0.3 is 14.7 Å². The zero-order valence-electron chi connectivity index (χ0n) is 19.4. The van der Waals surface area contributed by atoms with Crippen molar-refractivity contribution in [1.82, 2.24) is 4.90 Å². The lowest BCUT2D eigenvalue weighted by Crippen LogP contribution is -2.27. The van der Waals surface area contributed by atoms with Gasteiger partial charge in [-0.15, -0.1) is 0 Å². The summed E-state index contributed by atoms with van der Waals surface area (Å²) in [6.45, 7) is 7.81. The average Bonchev–Trinajstić information content (AvgIpc) is 2.86. The zero-order chi connectivity index (χ0) is 23.2. The minimum absolute atomic E-state index is 0.0138. The van der Waals surface area contributed by atoms with E-state index in [4.69, 9.17) is 4.74 Å². The van der Waals surface area contributed by atoms with Gasteiger partial charge in [-0.3, -0.25) is 4.79 Å². The quantitative estimate of drug-likeness (QED) is 0.423. The third-order valence-corrected chi connectivity index (χ3v) is 6.36. The zero-order valence-corrected chi connectivity index (χ0v) is 19.4. The molecule has 4 rings (SSSR count). The second kappa shape index (κ2) is 10.5. The lowest BCUT2D eigenvalue weighted by molar-refractivity contribution is 0.105. The molecule has 0 radical (unpaired) electrons. The molecule has 0 fully saturated rings. The van der Waals surface area contributed by atoms with Gasteiger partial charge >= 0.3 is 0 Å². The number of hydrogen-bond acceptors (Lipinski definition) is 4. The van der Waals surface area contributed by atoms with Gasteiger partial charge in [0.1, 0.15) is 18.1 Å². The van der Waals surface area contributed by atoms with E-state index in [1.165, 1.54) is 5.56 Å². The number of phenolic OH excluding ortho intramolecular Hbond substituents is 1. The topological polar surface area (TPSA) is 49.8 Å². The van der Waals surface area contributed by atoms with Crippen molar-refractivity contribution >= 4 is 16.9 Å². The van der Waals surface area contributed by atoms with Crippen LogP contribution in [0.5, 0.6) is 11.5 Å². The Kier molecular flexibility index (Phi) is 7.26. The van der Waals surface area contributed by atoms with E-state index in [0.717, 1.165) is 60.5 Å². The molecule has 3 aromatic rings. The predicted molar refractivity (Wildman–Crippen MR) is 134 cm³/mol. The lowest BCUT2D eigenvalue weighted by Gasteiger charge is -2.23. The van der Waals surface area contributed by atoms with Crippen LogP contribution < -0.4 is 4.74 Å². The van der Waals surface area contributed by atoms with E-state index in [1.54, 1.807) is 12.1 Å². The van der Waals surface area contributed by atoms with Crippen molar-refractivity contribution in [2.75, 3.05) is 26.2 Å². The van der Waals surface area contributed by atoms with Crippen LogP contribution in [0.15, 0.2) is 72.8 Å². The number of phenols is 1. The van der Waals surface area contributed by atoms with E-state index in [1.807, 2.05) is 54.6 Å². The van der Waals surface area contributed by atoms with Crippen molar-refractivity contribution in [2.24, 2.45) is 0 Å². The molecular weight excluding hydrogens is 410 g/mol. The van der Waals surface area contributed by atoms with E-state index in [2.05, 4.69) is 24.8 Å². The van der Waals surface area contributed by atoms with Crippen LogP contribution in [0.4, 0.5) is 0 Å². The summed E-state index contributed by atoms with van der Waals surface area (Å²) >= 11 is 0. The molecule has 3 aromatic carbocycles. The summed E-state index contributed by atoms with van der Waals surface area (Å²) in [6, 6.07) is 22.7. The standard InChI is InChI=1S/C29H31NO3/c1-3-30(4-2)19-20-33-25-16-11-23(12-17-25)29(32)28-26-8-6-5-7-21(26)13-18-27(28)22-9-14-24(31)15-10-22/h5-12,14-17,31H,3-4,13,18-20H2,1-2H3. The number of ketones is 1. The van der Waals surface area contributed by atoms with Crippen molar-refractivity contribution < 1.29 is 14.6 Å². The maximum absolute atomic E-state index is 13.8. The number of aromatic hydroxyl groups is 1. The lowest BCUT2D eigenvalue weighted by atomic mass is 9.79. The Morgan fingerprint density at radius 2 is 1.61 bits per heavy atom. The van der Waals surface area contributed by atoms with Gasteiger partial charge in [0, 0.05) is 17.7 Å². The van der Waals surface area contributed by atoms with E-state index in [9.17, 15) is 9.90 Å². The molecule has 33 heavy (non-hydrogen) atoms. The van der Waals surface area contributed by atoms with Gasteiger partial charge in [0.25, 0.3) is 0 Å². The summed E-state index contributed by atoms with van der Waals surface area (Å²) in [5, 5.41) is 9.71. The molecule has 0 heterocycles. The fourth-order valence-corrected chi connectivity index (χ4v) is 4.42. The Balaban J connectivity index is 1.62. The summed E-state index contributed by atoms with van der Waals surface area (Å²) in [7, 11) is 0. The van der Waals surface area contributed by atoms with Crippen LogP contribution in [-0.4, -0.2) is 42.0 Å². The molecule has 4 nitrogen and oxygen atoms in total. The van der Waals surface area contributed by atoms with Crippen LogP contribution in [0, 0.1) is 0 Å². The average molecular weight is 442 g/mol. The first-order chi connectivity index (χ1) is 16.1. The normalized spacial score (nSPS) is 13.2. The molecule has 0 atom stereocenters. The largest absolute Gasteiger partial charge is 0.508 e. The Labute approximate surface area is 196 Å². The molecule has 0 bridgehead atoms. The Hall–Kier alpha value is -3.37. The Morgan fingerprint density at radius 3 is 2.30 bits per heavy atom. The molecule has 4 heteroatoms. The molecule has 1 N–H and O–H groups in total. The van der Waals surface area contributed by atoms with Crippen LogP contribution in [-0.2, 0) is 6.42 Å².